The molecule has 0 amide bonds. The van der Waals surface area contributed by atoms with E-state index in [-0.39, 0.29) is 11.9 Å². The molecule has 0 aromatic heterocycles. The van der Waals surface area contributed by atoms with E-state index in [1.807, 2.05) is 19.1 Å². The van der Waals surface area contributed by atoms with Gasteiger partial charge in [-0.05, 0) is 44.2 Å². The van der Waals surface area contributed by atoms with Crippen molar-refractivity contribution < 1.29 is 19.4 Å². The van der Waals surface area contributed by atoms with Crippen molar-refractivity contribution >= 4 is 12.0 Å². The van der Waals surface area contributed by atoms with Crippen molar-refractivity contribution in [2.45, 2.75) is 45.1 Å². The van der Waals surface area contributed by atoms with Crippen molar-refractivity contribution in [3.8, 4) is 11.5 Å². The molecule has 1 aliphatic heterocycles. The van der Waals surface area contributed by atoms with E-state index in [2.05, 4.69) is 0 Å². The number of methoxy groups -OCH3 is 1. The molecule has 0 unspecified atom stereocenters. The summed E-state index contributed by atoms with van der Waals surface area (Å²) in [6, 6.07) is 3.00. The Kier molecular flexibility index (Phi) is 5.26. The second-order valence-electron chi connectivity index (χ2n) is 5.37. The lowest BCUT2D eigenvalue weighted by Gasteiger charge is -2.17. The predicted molar refractivity (Wildman–Crippen MR) is 81.7 cm³/mol. The Morgan fingerprint density at radius 2 is 2.10 bits per heavy atom. The SMILES string of the molecule is COc1cc(O)cc2c1C(=O)O[C@@H](C)CCCCC/C=C/2. The van der Waals surface area contributed by atoms with Gasteiger partial charge in [0.15, 0.2) is 0 Å². The average Bonchev–Trinajstić information content (AvgIpc) is 2.44. The fourth-order valence-electron chi connectivity index (χ4n) is 2.51. The summed E-state index contributed by atoms with van der Waals surface area (Å²) in [4.78, 5) is 12.4. The van der Waals surface area contributed by atoms with Crippen LogP contribution in [0.2, 0.25) is 0 Å². The van der Waals surface area contributed by atoms with E-state index in [1.165, 1.54) is 13.2 Å². The molecule has 4 heteroatoms. The summed E-state index contributed by atoms with van der Waals surface area (Å²) < 4.78 is 10.7. The monoisotopic (exact) mass is 290 g/mol. The Bertz CT molecular complexity index is 534. The van der Waals surface area contributed by atoms with Crippen LogP contribution in [-0.4, -0.2) is 24.3 Å². The van der Waals surface area contributed by atoms with Gasteiger partial charge < -0.3 is 14.6 Å². The number of benzene rings is 1. The number of fused-ring (bicyclic) bond motifs is 1. The summed E-state index contributed by atoms with van der Waals surface area (Å²) in [5, 5.41) is 9.76. The van der Waals surface area contributed by atoms with Crippen LogP contribution in [-0.2, 0) is 4.74 Å². The van der Waals surface area contributed by atoms with E-state index in [4.69, 9.17) is 9.47 Å². The number of phenols is 1. The van der Waals surface area contributed by atoms with Crippen LogP contribution < -0.4 is 4.74 Å². The maximum atomic E-state index is 12.4. The second-order valence-corrected chi connectivity index (χ2v) is 5.37. The zero-order chi connectivity index (χ0) is 15.2. The molecule has 0 radical (unpaired) electrons. The molecule has 114 valence electrons. The number of rotatable bonds is 1. The normalized spacial score (nSPS) is 21.4. The lowest BCUT2D eigenvalue weighted by Crippen LogP contribution is -2.17. The van der Waals surface area contributed by atoms with Gasteiger partial charge in [-0.1, -0.05) is 18.6 Å². The van der Waals surface area contributed by atoms with E-state index >= 15 is 0 Å². The van der Waals surface area contributed by atoms with E-state index in [0.717, 1.165) is 32.1 Å². The Morgan fingerprint density at radius 3 is 2.86 bits per heavy atom. The molecule has 1 aromatic carbocycles. The van der Waals surface area contributed by atoms with E-state index in [9.17, 15) is 9.90 Å². The van der Waals surface area contributed by atoms with Crippen molar-refractivity contribution in [3.05, 3.63) is 29.3 Å². The number of aromatic hydroxyl groups is 1. The fraction of sp³-hybridized carbons (Fsp3) is 0.471. The average molecular weight is 290 g/mol. The third kappa shape index (κ3) is 4.00. The highest BCUT2D eigenvalue weighted by Gasteiger charge is 2.21. The first kappa shape index (κ1) is 15.4. The van der Waals surface area contributed by atoms with Crippen molar-refractivity contribution in [1.29, 1.82) is 0 Å². The van der Waals surface area contributed by atoms with Gasteiger partial charge in [-0.15, -0.1) is 0 Å². The fourth-order valence-corrected chi connectivity index (χ4v) is 2.51. The van der Waals surface area contributed by atoms with Gasteiger partial charge in [0.05, 0.1) is 13.2 Å². The van der Waals surface area contributed by atoms with Crippen LogP contribution in [0.15, 0.2) is 18.2 Å². The maximum absolute atomic E-state index is 12.4. The minimum atomic E-state index is -0.403. The molecule has 0 spiro atoms. The molecule has 1 N–H and O–H groups in total. The van der Waals surface area contributed by atoms with E-state index in [0.29, 0.717) is 16.9 Å². The largest absolute Gasteiger partial charge is 0.508 e. The third-order valence-corrected chi connectivity index (χ3v) is 3.63. The smallest absolute Gasteiger partial charge is 0.342 e. The zero-order valence-electron chi connectivity index (χ0n) is 12.6. The summed E-state index contributed by atoms with van der Waals surface area (Å²) in [6.07, 6.45) is 8.88. The highest BCUT2D eigenvalue weighted by atomic mass is 16.5. The number of hydrogen-bond acceptors (Lipinski definition) is 4. The number of carbonyl (C=O) groups excluding carboxylic acids is 1. The minimum absolute atomic E-state index is 0.0724. The van der Waals surface area contributed by atoms with Crippen LogP contribution in [0.4, 0.5) is 0 Å². The van der Waals surface area contributed by atoms with Gasteiger partial charge in [0.2, 0.25) is 0 Å². The number of esters is 1. The molecule has 2 rings (SSSR count). The molecule has 4 nitrogen and oxygen atoms in total. The number of carbonyl (C=O) groups is 1. The molecule has 0 saturated heterocycles. The number of phenolic OH excluding ortho intramolecular Hbond substituents is 1. The topological polar surface area (TPSA) is 55.8 Å². The molecule has 1 atom stereocenters. The summed E-state index contributed by atoms with van der Waals surface area (Å²) in [6.45, 7) is 1.91. The highest BCUT2D eigenvalue weighted by Crippen LogP contribution is 2.30. The quantitative estimate of drug-likeness (QED) is 0.796. The molecule has 0 bridgehead atoms. The lowest BCUT2D eigenvalue weighted by atomic mass is 10.0. The molecular weight excluding hydrogens is 268 g/mol. The minimum Gasteiger partial charge on any atom is -0.508 e. The Hall–Kier alpha value is -1.97. The van der Waals surface area contributed by atoms with Crippen LogP contribution >= 0.6 is 0 Å². The van der Waals surface area contributed by atoms with Crippen molar-refractivity contribution in [1.82, 2.24) is 0 Å². The third-order valence-electron chi connectivity index (χ3n) is 3.63. The lowest BCUT2D eigenvalue weighted by molar-refractivity contribution is 0.0315. The molecular formula is C17H22O4. The second kappa shape index (κ2) is 7.16. The summed E-state index contributed by atoms with van der Waals surface area (Å²) >= 11 is 0. The van der Waals surface area contributed by atoms with Crippen molar-refractivity contribution in [3.63, 3.8) is 0 Å². The Morgan fingerprint density at radius 1 is 1.29 bits per heavy atom. The van der Waals surface area contributed by atoms with E-state index < -0.39 is 5.97 Å². The van der Waals surface area contributed by atoms with Crippen LogP contribution in [0.5, 0.6) is 11.5 Å². The summed E-state index contributed by atoms with van der Waals surface area (Å²) in [5.41, 5.74) is 1.00. The van der Waals surface area contributed by atoms with Crippen molar-refractivity contribution in [2.24, 2.45) is 0 Å². The first-order chi connectivity index (χ1) is 10.1. The Labute approximate surface area is 125 Å². The summed E-state index contributed by atoms with van der Waals surface area (Å²) in [7, 11) is 1.48. The summed E-state index contributed by atoms with van der Waals surface area (Å²) in [5.74, 6) is 0.00618. The highest BCUT2D eigenvalue weighted by molar-refractivity contribution is 5.97. The number of ether oxygens (including phenoxy) is 2. The molecule has 0 aliphatic carbocycles. The molecule has 0 fully saturated rings. The molecule has 21 heavy (non-hydrogen) atoms. The molecule has 1 aliphatic rings. The van der Waals surface area contributed by atoms with Gasteiger partial charge in [-0.25, -0.2) is 4.79 Å². The van der Waals surface area contributed by atoms with Gasteiger partial charge >= 0.3 is 5.97 Å². The molecule has 1 aromatic rings. The zero-order valence-corrected chi connectivity index (χ0v) is 12.6. The van der Waals surface area contributed by atoms with Crippen LogP contribution in [0.1, 0.15) is 54.9 Å². The number of hydrogen-bond donors (Lipinski definition) is 1. The first-order valence-corrected chi connectivity index (χ1v) is 7.40. The van der Waals surface area contributed by atoms with Crippen molar-refractivity contribution in [2.75, 3.05) is 7.11 Å². The standard InChI is InChI=1S/C17H22O4/c1-12-8-6-4-3-5-7-9-13-10-14(18)11-15(20-2)16(13)17(19)21-12/h7,9-12,18H,3-6,8H2,1-2H3/b9-7+/t12-/m0/s1. The Balaban J connectivity index is 2.44. The van der Waals surface area contributed by atoms with Gasteiger partial charge in [0.1, 0.15) is 17.1 Å². The van der Waals surface area contributed by atoms with Crippen LogP contribution in [0.25, 0.3) is 6.08 Å². The molecule has 1 heterocycles. The van der Waals surface area contributed by atoms with Crippen LogP contribution in [0, 0.1) is 0 Å². The van der Waals surface area contributed by atoms with Gasteiger partial charge in [-0.2, -0.15) is 0 Å². The predicted octanol–water partition coefficient (Wildman–Crippen LogP) is 3.92. The van der Waals surface area contributed by atoms with E-state index in [1.54, 1.807) is 6.07 Å². The number of cyclic esters (lactones) is 1. The molecule has 0 saturated carbocycles. The van der Waals surface area contributed by atoms with Gasteiger partial charge in [0.25, 0.3) is 0 Å². The van der Waals surface area contributed by atoms with Gasteiger partial charge in [0, 0.05) is 6.07 Å². The maximum Gasteiger partial charge on any atom is 0.342 e. The van der Waals surface area contributed by atoms with Crippen LogP contribution in [0.3, 0.4) is 0 Å². The van der Waals surface area contributed by atoms with Gasteiger partial charge in [-0.3, -0.25) is 0 Å². The first-order valence-electron chi connectivity index (χ1n) is 7.40. The number of allylic oxidation sites excluding steroid dienone is 1.